The van der Waals surface area contributed by atoms with Gasteiger partial charge in [-0.1, -0.05) is 47.8 Å². The molecule has 0 aromatic heterocycles. The molecule has 2 aliphatic heterocycles. The first kappa shape index (κ1) is 19.9. The summed E-state index contributed by atoms with van der Waals surface area (Å²) in [5.41, 5.74) is -0.699. The molecule has 0 saturated carbocycles. The molecule has 136 valence electrons. The van der Waals surface area contributed by atoms with Gasteiger partial charge < -0.3 is 19.7 Å². The molecular formula is C17H32O4S2. The van der Waals surface area contributed by atoms with Gasteiger partial charge in [0, 0.05) is 12.2 Å². The largest absolute Gasteiger partial charge is 0.391 e. The van der Waals surface area contributed by atoms with Gasteiger partial charge in [0.2, 0.25) is 0 Å². The van der Waals surface area contributed by atoms with Crippen LogP contribution in [0.4, 0.5) is 0 Å². The molecule has 0 spiro atoms. The van der Waals surface area contributed by atoms with Crippen molar-refractivity contribution in [1.29, 1.82) is 0 Å². The van der Waals surface area contributed by atoms with E-state index in [2.05, 4.69) is 6.92 Å². The molecule has 2 fully saturated rings. The second-order valence-corrected chi connectivity index (χ2v) is 9.80. The van der Waals surface area contributed by atoms with Crippen LogP contribution in [0.5, 0.6) is 0 Å². The Morgan fingerprint density at radius 2 is 1.91 bits per heavy atom. The Hall–Kier alpha value is 0.540. The number of aliphatic hydroxyl groups excluding tert-OH is 1. The van der Waals surface area contributed by atoms with Gasteiger partial charge in [-0.05, 0) is 32.6 Å². The highest BCUT2D eigenvalue weighted by Gasteiger charge is 2.50. The molecule has 0 amide bonds. The van der Waals surface area contributed by atoms with E-state index < -0.39 is 11.4 Å². The smallest absolute Gasteiger partial charge is 0.191 e. The zero-order valence-electron chi connectivity index (χ0n) is 14.5. The summed E-state index contributed by atoms with van der Waals surface area (Å²) in [6.45, 7) is 5.17. The second kappa shape index (κ2) is 8.77. The Labute approximate surface area is 148 Å². The second-order valence-electron chi connectivity index (χ2n) is 7.00. The van der Waals surface area contributed by atoms with Crippen molar-refractivity contribution in [2.75, 3.05) is 25.6 Å². The van der Waals surface area contributed by atoms with Crippen LogP contribution in [0, 0.1) is 0 Å². The van der Waals surface area contributed by atoms with Crippen LogP contribution in [0.25, 0.3) is 0 Å². The van der Waals surface area contributed by atoms with Crippen LogP contribution < -0.4 is 0 Å². The summed E-state index contributed by atoms with van der Waals surface area (Å²) in [5.74, 6) is 0.296. The van der Waals surface area contributed by atoms with Gasteiger partial charge in [0.25, 0.3) is 0 Å². The molecule has 2 rings (SSSR count). The summed E-state index contributed by atoms with van der Waals surface area (Å²) < 4.78 is 11.2. The highest BCUT2D eigenvalue weighted by Crippen LogP contribution is 2.55. The maximum atomic E-state index is 11.3. The van der Waals surface area contributed by atoms with Crippen molar-refractivity contribution in [2.45, 2.75) is 81.3 Å². The minimum atomic E-state index is -0.852. The Bertz CT molecular complexity index is 351. The van der Waals surface area contributed by atoms with Crippen molar-refractivity contribution >= 4 is 21.6 Å². The minimum Gasteiger partial charge on any atom is -0.391 e. The summed E-state index contributed by atoms with van der Waals surface area (Å²) in [5, 5.41) is 21.0. The number of aliphatic hydroxyl groups is 2. The molecule has 0 bridgehead atoms. The average Bonchev–Trinajstić information content (AvgIpc) is 3.03. The van der Waals surface area contributed by atoms with E-state index in [0.29, 0.717) is 19.6 Å². The third-order valence-corrected chi connectivity index (χ3v) is 8.79. The van der Waals surface area contributed by atoms with Gasteiger partial charge in [0.05, 0.1) is 30.2 Å². The molecule has 2 N–H and O–H groups in total. The first-order valence-electron chi connectivity index (χ1n) is 8.91. The molecule has 0 radical (unpaired) electrons. The minimum absolute atomic E-state index is 0.112. The molecule has 0 aromatic carbocycles. The highest BCUT2D eigenvalue weighted by molar-refractivity contribution is 8.77. The van der Waals surface area contributed by atoms with Gasteiger partial charge in [-0.2, -0.15) is 0 Å². The SMILES string of the molecule is CCCCCC(C)(O)C1(CCC2(CO)OCCO2)CCCSS1. The van der Waals surface area contributed by atoms with Crippen LogP contribution in [0.15, 0.2) is 0 Å². The number of hydrogen-bond acceptors (Lipinski definition) is 6. The lowest BCUT2D eigenvalue weighted by molar-refractivity contribution is -0.190. The van der Waals surface area contributed by atoms with Crippen molar-refractivity contribution in [3.8, 4) is 0 Å². The van der Waals surface area contributed by atoms with Crippen molar-refractivity contribution in [3.05, 3.63) is 0 Å². The number of unbranched alkanes of at least 4 members (excludes halogenated alkanes) is 2. The lowest BCUT2D eigenvalue weighted by Gasteiger charge is -2.48. The predicted molar refractivity (Wildman–Crippen MR) is 97.7 cm³/mol. The van der Waals surface area contributed by atoms with Gasteiger partial charge in [0.15, 0.2) is 5.79 Å². The van der Waals surface area contributed by atoms with Crippen molar-refractivity contribution in [3.63, 3.8) is 0 Å². The van der Waals surface area contributed by atoms with Crippen LogP contribution in [-0.2, 0) is 9.47 Å². The third-order valence-electron chi connectivity index (χ3n) is 5.24. The van der Waals surface area contributed by atoms with E-state index in [4.69, 9.17) is 9.47 Å². The first-order chi connectivity index (χ1) is 11.0. The molecule has 2 heterocycles. The molecular weight excluding hydrogens is 332 g/mol. The van der Waals surface area contributed by atoms with E-state index in [1.165, 1.54) is 6.42 Å². The Morgan fingerprint density at radius 1 is 1.17 bits per heavy atom. The number of rotatable bonds is 9. The molecule has 0 aliphatic carbocycles. The highest BCUT2D eigenvalue weighted by atomic mass is 33.1. The average molecular weight is 365 g/mol. The lowest BCUT2D eigenvalue weighted by Crippen LogP contribution is -2.51. The van der Waals surface area contributed by atoms with E-state index >= 15 is 0 Å². The summed E-state index contributed by atoms with van der Waals surface area (Å²) in [6.07, 6.45) is 7.83. The van der Waals surface area contributed by atoms with Crippen LogP contribution in [0.2, 0.25) is 0 Å². The van der Waals surface area contributed by atoms with Crippen molar-refractivity contribution < 1.29 is 19.7 Å². The van der Waals surface area contributed by atoms with E-state index in [9.17, 15) is 10.2 Å². The van der Waals surface area contributed by atoms with Crippen molar-refractivity contribution in [1.82, 2.24) is 0 Å². The van der Waals surface area contributed by atoms with Gasteiger partial charge >= 0.3 is 0 Å². The first-order valence-corrected chi connectivity index (χ1v) is 11.2. The quantitative estimate of drug-likeness (QED) is 0.480. The maximum Gasteiger partial charge on any atom is 0.191 e. The van der Waals surface area contributed by atoms with Gasteiger partial charge in [-0.15, -0.1) is 0 Å². The predicted octanol–water partition coefficient (Wildman–Crippen LogP) is 3.75. The number of hydrogen-bond donors (Lipinski definition) is 2. The maximum absolute atomic E-state index is 11.3. The molecule has 2 aliphatic rings. The Balaban J connectivity index is 2.05. The van der Waals surface area contributed by atoms with E-state index in [1.54, 1.807) is 0 Å². The molecule has 2 saturated heterocycles. The third kappa shape index (κ3) is 4.79. The fourth-order valence-electron chi connectivity index (χ4n) is 3.56. The molecule has 4 nitrogen and oxygen atoms in total. The van der Waals surface area contributed by atoms with E-state index in [-0.39, 0.29) is 11.4 Å². The lowest BCUT2D eigenvalue weighted by atomic mass is 9.77. The van der Waals surface area contributed by atoms with Gasteiger partial charge in [-0.25, -0.2) is 0 Å². The molecule has 6 heteroatoms. The Morgan fingerprint density at radius 3 is 2.48 bits per heavy atom. The zero-order chi connectivity index (χ0) is 16.8. The van der Waals surface area contributed by atoms with Gasteiger partial charge in [0.1, 0.15) is 0 Å². The fourth-order valence-corrected chi connectivity index (χ4v) is 7.14. The molecule has 2 unspecified atom stereocenters. The Kier molecular flexibility index (Phi) is 7.57. The van der Waals surface area contributed by atoms with Crippen molar-refractivity contribution in [2.24, 2.45) is 0 Å². The number of ether oxygens (including phenoxy) is 2. The van der Waals surface area contributed by atoms with E-state index in [1.807, 2.05) is 28.5 Å². The summed E-state index contributed by atoms with van der Waals surface area (Å²) in [6, 6.07) is 0. The standard InChI is InChI=1S/C17H32O4S2/c1-3-4-5-7-15(2,19)16(8-6-13-22-23-16)9-10-17(14-18)20-11-12-21-17/h18-19H,3-14H2,1-2H3. The monoisotopic (exact) mass is 364 g/mol. The molecule has 2 atom stereocenters. The normalized spacial score (nSPS) is 30.3. The van der Waals surface area contributed by atoms with Crippen LogP contribution in [0.3, 0.4) is 0 Å². The molecule has 23 heavy (non-hydrogen) atoms. The molecule has 0 aromatic rings. The van der Waals surface area contributed by atoms with Crippen LogP contribution >= 0.6 is 21.6 Å². The van der Waals surface area contributed by atoms with Crippen LogP contribution in [-0.4, -0.2) is 51.9 Å². The fraction of sp³-hybridized carbons (Fsp3) is 1.00. The topological polar surface area (TPSA) is 58.9 Å². The van der Waals surface area contributed by atoms with Gasteiger partial charge in [-0.3, -0.25) is 0 Å². The zero-order valence-corrected chi connectivity index (χ0v) is 16.1. The van der Waals surface area contributed by atoms with E-state index in [0.717, 1.165) is 44.3 Å². The summed E-state index contributed by atoms with van der Waals surface area (Å²) in [4.78, 5) is 0. The summed E-state index contributed by atoms with van der Waals surface area (Å²) >= 11 is 0. The van der Waals surface area contributed by atoms with Crippen LogP contribution in [0.1, 0.15) is 65.2 Å². The summed E-state index contributed by atoms with van der Waals surface area (Å²) in [7, 11) is 3.71.